The Morgan fingerprint density at radius 3 is 2.35 bits per heavy atom. The molecule has 294 valence electrons. The van der Waals surface area contributed by atoms with Crippen LogP contribution in [0.4, 0.5) is 0 Å². The minimum absolute atomic E-state index is 0.0478. The van der Waals surface area contributed by atoms with Gasteiger partial charge in [0.25, 0.3) is 11.8 Å². The Morgan fingerprint density at radius 1 is 0.860 bits per heavy atom. The average molecular weight is 771 g/mol. The highest BCUT2D eigenvalue weighted by molar-refractivity contribution is 6.23. The number of nitrogens with one attached hydrogen (secondary N) is 3. The van der Waals surface area contributed by atoms with Gasteiger partial charge in [-0.3, -0.25) is 34.2 Å². The third-order valence-electron chi connectivity index (χ3n) is 10.1. The maximum atomic E-state index is 13.0. The molecule has 6 rings (SSSR count). The van der Waals surface area contributed by atoms with Gasteiger partial charge in [0.15, 0.2) is 0 Å². The minimum Gasteiger partial charge on any atom is -0.496 e. The lowest BCUT2D eigenvalue weighted by atomic mass is 9.97. The quantitative estimate of drug-likeness (QED) is 0.0765. The van der Waals surface area contributed by atoms with Crippen molar-refractivity contribution in [2.45, 2.75) is 64.6 Å². The summed E-state index contributed by atoms with van der Waals surface area (Å²) in [7, 11) is 3.22. The highest BCUT2D eigenvalue weighted by Gasteiger charge is 2.44. The highest BCUT2D eigenvalue weighted by Crippen LogP contribution is 2.35. The Bertz CT molecular complexity index is 2200. The first-order valence-electron chi connectivity index (χ1n) is 19.0. The first-order chi connectivity index (χ1) is 27.7. The van der Waals surface area contributed by atoms with Crippen molar-refractivity contribution < 1.29 is 38.2 Å². The van der Waals surface area contributed by atoms with E-state index in [9.17, 15) is 24.0 Å². The van der Waals surface area contributed by atoms with Crippen molar-refractivity contribution in [1.82, 2.24) is 20.9 Å². The lowest BCUT2D eigenvalue weighted by Gasteiger charge is -2.27. The lowest BCUT2D eigenvalue weighted by Crippen LogP contribution is -2.54. The summed E-state index contributed by atoms with van der Waals surface area (Å²) >= 11 is 0. The number of carbonyl (C=O) groups is 5. The molecule has 3 N–H and O–H groups in total. The number of piperidine rings is 1. The number of fused-ring (bicyclic) bond motifs is 1. The zero-order valence-corrected chi connectivity index (χ0v) is 32.4. The van der Waals surface area contributed by atoms with Gasteiger partial charge in [-0.15, -0.1) is 0 Å². The van der Waals surface area contributed by atoms with E-state index in [1.54, 1.807) is 26.4 Å². The van der Waals surface area contributed by atoms with Crippen molar-refractivity contribution in [3.8, 4) is 40.2 Å². The molecule has 12 heteroatoms. The standard InChI is InChI=1S/C45H46N4O8/c1-29-32(15-11-16-34(29)31-13-8-6-9-14-31)28-57-33-25-39(55-2)37(40(26-33)56-3)27-46-22-23-47-41(50)17-10-5-4-7-12-30-18-19-35-36(24-30)45(54)49(44(35)53)38-20-21-42(51)48-43(38)52/h6,8-9,11,13-16,18-19,24-26,38,46H,4-5,10,17,20-23,27-28H2,1-3H3,(H,47,50)(H,48,51,52). The Labute approximate surface area is 332 Å². The van der Waals surface area contributed by atoms with E-state index in [0.29, 0.717) is 74.7 Å². The van der Waals surface area contributed by atoms with Gasteiger partial charge in [-0.2, -0.15) is 0 Å². The van der Waals surface area contributed by atoms with Gasteiger partial charge in [-0.25, -0.2) is 0 Å². The SMILES string of the molecule is COc1cc(OCc2cccc(-c3ccccc3)c2C)cc(OC)c1CNCCNC(=O)CCCCC#Cc1ccc2c(c1)C(=O)N(C1CCC(=O)NC1=O)C2=O. The maximum Gasteiger partial charge on any atom is 0.262 e. The number of benzene rings is 4. The van der Waals surface area contributed by atoms with Gasteiger partial charge in [0, 0.05) is 56.6 Å². The summed E-state index contributed by atoms with van der Waals surface area (Å²) < 4.78 is 17.6. The minimum atomic E-state index is -1.01. The number of hydrogen-bond donors (Lipinski definition) is 3. The lowest BCUT2D eigenvalue weighted by molar-refractivity contribution is -0.136. The van der Waals surface area contributed by atoms with Gasteiger partial charge >= 0.3 is 0 Å². The predicted octanol–water partition coefficient (Wildman–Crippen LogP) is 5.48. The molecule has 1 fully saturated rings. The van der Waals surface area contributed by atoms with Crippen molar-refractivity contribution in [2.24, 2.45) is 0 Å². The van der Waals surface area contributed by atoms with Gasteiger partial charge in [0.05, 0.1) is 30.9 Å². The second kappa shape index (κ2) is 18.9. The number of amides is 5. The number of imide groups is 2. The van der Waals surface area contributed by atoms with E-state index in [1.807, 2.05) is 36.4 Å². The van der Waals surface area contributed by atoms with Crippen LogP contribution >= 0.6 is 0 Å². The van der Waals surface area contributed by atoms with Crippen molar-refractivity contribution >= 4 is 29.5 Å². The average Bonchev–Trinajstić information content (AvgIpc) is 3.46. The molecule has 2 aliphatic heterocycles. The molecule has 0 aromatic heterocycles. The topological polar surface area (TPSA) is 152 Å². The summed E-state index contributed by atoms with van der Waals surface area (Å²) in [6.45, 7) is 3.95. The fourth-order valence-electron chi connectivity index (χ4n) is 6.95. The van der Waals surface area contributed by atoms with Crippen LogP contribution in [0.5, 0.6) is 17.2 Å². The summed E-state index contributed by atoms with van der Waals surface area (Å²) in [5.74, 6) is 5.75. The Balaban J connectivity index is 0.902. The Morgan fingerprint density at radius 2 is 1.61 bits per heavy atom. The predicted molar refractivity (Wildman–Crippen MR) is 214 cm³/mol. The van der Waals surface area contributed by atoms with Gasteiger partial charge < -0.3 is 24.8 Å². The number of ether oxygens (including phenoxy) is 3. The summed E-state index contributed by atoms with van der Waals surface area (Å²) in [4.78, 5) is 63.1. The molecule has 4 aromatic carbocycles. The fraction of sp³-hybridized carbons (Fsp3) is 0.311. The molecule has 0 spiro atoms. The molecule has 12 nitrogen and oxygen atoms in total. The van der Waals surface area contributed by atoms with E-state index >= 15 is 0 Å². The van der Waals surface area contributed by atoms with Gasteiger partial charge in [-0.05, 0) is 66.6 Å². The largest absolute Gasteiger partial charge is 0.496 e. The highest BCUT2D eigenvalue weighted by atomic mass is 16.5. The zero-order chi connectivity index (χ0) is 40.3. The normalized spacial score (nSPS) is 14.7. The summed E-state index contributed by atoms with van der Waals surface area (Å²) in [5, 5.41) is 8.48. The summed E-state index contributed by atoms with van der Waals surface area (Å²) in [6, 6.07) is 24.0. The molecule has 0 bridgehead atoms. The second-order valence-electron chi connectivity index (χ2n) is 13.8. The number of hydrogen-bond acceptors (Lipinski definition) is 9. The zero-order valence-electron chi connectivity index (χ0n) is 32.4. The maximum absolute atomic E-state index is 13.0. The van der Waals surface area contributed by atoms with Crippen molar-refractivity contribution in [3.63, 3.8) is 0 Å². The van der Waals surface area contributed by atoms with Crippen molar-refractivity contribution in [2.75, 3.05) is 27.3 Å². The van der Waals surface area contributed by atoms with E-state index in [0.717, 1.165) is 27.2 Å². The number of rotatable bonds is 16. The third-order valence-corrected chi connectivity index (χ3v) is 10.1. The molecule has 1 atom stereocenters. The molecule has 0 saturated carbocycles. The van der Waals surface area contributed by atoms with Crippen LogP contribution in [0.1, 0.15) is 81.5 Å². The molecule has 5 amide bonds. The molecule has 0 radical (unpaired) electrons. The number of nitrogens with zero attached hydrogens (tertiary/aromatic N) is 1. The van der Waals surface area contributed by atoms with E-state index in [-0.39, 0.29) is 29.9 Å². The molecule has 57 heavy (non-hydrogen) atoms. The van der Waals surface area contributed by atoms with Crippen LogP contribution in [-0.2, 0) is 27.5 Å². The molecular formula is C45H46N4O8. The Kier molecular flexibility index (Phi) is 13.4. The van der Waals surface area contributed by atoms with Crippen LogP contribution in [0.2, 0.25) is 0 Å². The molecule has 1 unspecified atom stereocenters. The van der Waals surface area contributed by atoms with Gasteiger partial charge in [-0.1, -0.05) is 60.4 Å². The summed E-state index contributed by atoms with van der Waals surface area (Å²) in [6.07, 6.45) is 2.45. The smallest absolute Gasteiger partial charge is 0.262 e. The van der Waals surface area contributed by atoms with Crippen LogP contribution in [0.3, 0.4) is 0 Å². The fourth-order valence-corrected chi connectivity index (χ4v) is 6.95. The van der Waals surface area contributed by atoms with Gasteiger partial charge in [0.1, 0.15) is 29.9 Å². The van der Waals surface area contributed by atoms with Crippen LogP contribution in [0.15, 0.2) is 78.9 Å². The van der Waals surface area contributed by atoms with Crippen LogP contribution < -0.4 is 30.2 Å². The van der Waals surface area contributed by atoms with Crippen LogP contribution in [-0.4, -0.2) is 67.8 Å². The number of methoxy groups -OCH3 is 2. The molecule has 2 heterocycles. The number of unbranched alkanes of at least 4 members (excludes halogenated alkanes) is 2. The van der Waals surface area contributed by atoms with Crippen LogP contribution in [0.25, 0.3) is 11.1 Å². The monoisotopic (exact) mass is 770 g/mol. The van der Waals surface area contributed by atoms with Crippen LogP contribution in [0, 0.1) is 18.8 Å². The Hall–Kier alpha value is -6.45. The summed E-state index contributed by atoms with van der Waals surface area (Å²) in [5.41, 5.74) is 6.40. The van der Waals surface area contributed by atoms with E-state index < -0.39 is 29.7 Å². The first-order valence-corrected chi connectivity index (χ1v) is 19.0. The molecule has 4 aromatic rings. The van der Waals surface area contributed by atoms with E-state index in [2.05, 4.69) is 59.0 Å². The molecule has 1 saturated heterocycles. The molecular weight excluding hydrogens is 725 g/mol. The molecule has 2 aliphatic rings. The molecule has 0 aliphatic carbocycles. The third kappa shape index (κ3) is 9.69. The second-order valence-corrected chi connectivity index (χ2v) is 13.8. The van der Waals surface area contributed by atoms with Crippen molar-refractivity contribution in [3.05, 3.63) is 112 Å². The van der Waals surface area contributed by atoms with Crippen molar-refractivity contribution in [1.29, 1.82) is 0 Å². The van der Waals surface area contributed by atoms with E-state index in [1.165, 1.54) is 11.6 Å². The first kappa shape index (κ1) is 40.2. The van der Waals surface area contributed by atoms with Gasteiger partial charge in [0.2, 0.25) is 17.7 Å². The number of carbonyl (C=O) groups excluding carboxylic acids is 5. The van der Waals surface area contributed by atoms with E-state index in [4.69, 9.17) is 14.2 Å².